The van der Waals surface area contributed by atoms with Crippen LogP contribution in [0.1, 0.15) is 24.2 Å². The standard InChI is InChI=1S/C24H24F3N2O5P/c25-24(26,27)16-7-17-32-23(30)29-22(18-12-14-19(28)15-13-18)35(31,33-20-8-3-1-4-9-20)34-21-10-5-2-6-11-21/h1-6,8-15,22H,7,16-17,28H2,(H,29,30). The number of alkyl halides is 3. The van der Waals surface area contributed by atoms with Crippen molar-refractivity contribution in [2.75, 3.05) is 12.3 Å². The molecule has 186 valence electrons. The van der Waals surface area contributed by atoms with E-state index in [0.717, 1.165) is 0 Å². The van der Waals surface area contributed by atoms with Crippen LogP contribution < -0.4 is 20.1 Å². The fourth-order valence-electron chi connectivity index (χ4n) is 2.99. The summed E-state index contributed by atoms with van der Waals surface area (Å²) in [5.74, 6) is -0.946. The van der Waals surface area contributed by atoms with Gasteiger partial charge in [-0.15, -0.1) is 0 Å². The topological polar surface area (TPSA) is 99.9 Å². The molecule has 1 amide bonds. The predicted octanol–water partition coefficient (Wildman–Crippen LogP) is 6.69. The molecule has 0 radical (unpaired) electrons. The highest BCUT2D eigenvalue weighted by Gasteiger charge is 2.42. The van der Waals surface area contributed by atoms with Gasteiger partial charge in [0.15, 0.2) is 5.78 Å². The van der Waals surface area contributed by atoms with E-state index in [-0.39, 0.29) is 11.5 Å². The van der Waals surface area contributed by atoms with E-state index in [1.165, 1.54) is 24.3 Å². The molecule has 0 aliphatic heterocycles. The van der Waals surface area contributed by atoms with E-state index in [4.69, 9.17) is 19.5 Å². The molecule has 0 saturated heterocycles. The van der Waals surface area contributed by atoms with Crippen molar-refractivity contribution in [3.05, 3.63) is 90.5 Å². The van der Waals surface area contributed by atoms with Gasteiger partial charge in [-0.3, -0.25) is 0 Å². The van der Waals surface area contributed by atoms with Crippen molar-refractivity contribution in [3.8, 4) is 11.5 Å². The van der Waals surface area contributed by atoms with Crippen LogP contribution in [0, 0.1) is 0 Å². The lowest BCUT2D eigenvalue weighted by molar-refractivity contribution is -0.137. The van der Waals surface area contributed by atoms with Crippen molar-refractivity contribution in [3.63, 3.8) is 0 Å². The average molecular weight is 508 g/mol. The first-order valence-corrected chi connectivity index (χ1v) is 12.2. The van der Waals surface area contributed by atoms with Gasteiger partial charge < -0.3 is 24.8 Å². The summed E-state index contributed by atoms with van der Waals surface area (Å²) in [6.45, 7) is -0.483. The highest BCUT2D eigenvalue weighted by atomic mass is 31.2. The van der Waals surface area contributed by atoms with Crippen molar-refractivity contribution in [2.24, 2.45) is 0 Å². The Hall–Kier alpha value is -3.65. The number of hydrogen-bond acceptors (Lipinski definition) is 6. The second kappa shape index (κ2) is 11.7. The number of hydrogen-bond donors (Lipinski definition) is 2. The molecule has 3 aromatic rings. The zero-order valence-electron chi connectivity index (χ0n) is 18.5. The Morgan fingerprint density at radius 1 is 0.886 bits per heavy atom. The van der Waals surface area contributed by atoms with Gasteiger partial charge in [0, 0.05) is 12.1 Å². The first-order chi connectivity index (χ1) is 16.6. The number of ether oxygens (including phenoxy) is 1. The molecule has 7 nitrogen and oxygen atoms in total. The van der Waals surface area contributed by atoms with Gasteiger partial charge in [0.1, 0.15) is 11.5 Å². The minimum atomic E-state index is -4.37. The lowest BCUT2D eigenvalue weighted by atomic mass is 10.2. The quantitative estimate of drug-likeness (QED) is 0.180. The van der Waals surface area contributed by atoms with E-state index in [9.17, 15) is 22.5 Å². The van der Waals surface area contributed by atoms with Crippen LogP contribution in [-0.4, -0.2) is 18.9 Å². The van der Waals surface area contributed by atoms with Crippen molar-refractivity contribution in [2.45, 2.75) is 24.8 Å². The molecule has 0 fully saturated rings. The maximum Gasteiger partial charge on any atom is 0.457 e. The van der Waals surface area contributed by atoms with Crippen LogP contribution in [0.3, 0.4) is 0 Å². The summed E-state index contributed by atoms with van der Waals surface area (Å²) in [5, 5.41) is 2.44. The molecule has 11 heteroatoms. The van der Waals surface area contributed by atoms with E-state index in [1.54, 1.807) is 60.7 Å². The van der Waals surface area contributed by atoms with Gasteiger partial charge in [-0.2, -0.15) is 13.2 Å². The Morgan fingerprint density at radius 3 is 1.89 bits per heavy atom. The number of halogens is 3. The third-order valence-electron chi connectivity index (χ3n) is 4.61. The minimum absolute atomic E-state index is 0.215. The van der Waals surface area contributed by atoms with E-state index >= 15 is 0 Å². The predicted molar refractivity (Wildman–Crippen MR) is 125 cm³/mol. The Bertz CT molecular complexity index is 1080. The van der Waals surface area contributed by atoms with Crippen LogP contribution in [0.25, 0.3) is 0 Å². The summed E-state index contributed by atoms with van der Waals surface area (Å²) in [6.07, 6.45) is -6.96. The van der Waals surface area contributed by atoms with Crippen LogP contribution in [-0.2, 0) is 9.30 Å². The van der Waals surface area contributed by atoms with Gasteiger partial charge in [0.25, 0.3) is 0 Å². The van der Waals surface area contributed by atoms with Gasteiger partial charge in [0.2, 0.25) is 0 Å². The number of para-hydroxylation sites is 2. The lowest BCUT2D eigenvalue weighted by Gasteiger charge is -2.28. The molecule has 3 aromatic carbocycles. The van der Waals surface area contributed by atoms with Gasteiger partial charge in [-0.1, -0.05) is 48.5 Å². The van der Waals surface area contributed by atoms with Crippen LogP contribution in [0.15, 0.2) is 84.9 Å². The van der Waals surface area contributed by atoms with Gasteiger partial charge in [-0.25, -0.2) is 9.36 Å². The Kier molecular flexibility index (Phi) is 8.65. The SMILES string of the molecule is Nc1ccc(C(NC(=O)OCCCC(F)(F)F)P(=O)(Oc2ccccc2)Oc2ccccc2)cc1. The molecule has 0 bridgehead atoms. The summed E-state index contributed by atoms with van der Waals surface area (Å²) in [4.78, 5) is 12.5. The number of nitrogens with one attached hydrogen (secondary N) is 1. The number of amides is 1. The summed E-state index contributed by atoms with van der Waals surface area (Å²) in [7, 11) is -4.26. The monoisotopic (exact) mass is 508 g/mol. The second-order valence-electron chi connectivity index (χ2n) is 7.42. The molecule has 3 rings (SSSR count). The maximum absolute atomic E-state index is 14.2. The highest BCUT2D eigenvalue weighted by molar-refractivity contribution is 7.55. The molecule has 3 N–H and O–H groups in total. The second-order valence-corrected chi connectivity index (χ2v) is 9.38. The van der Waals surface area contributed by atoms with Crippen molar-refractivity contribution in [1.29, 1.82) is 0 Å². The number of anilines is 1. The normalized spacial score (nSPS) is 12.4. The molecule has 0 aliphatic carbocycles. The minimum Gasteiger partial charge on any atom is -0.450 e. The summed E-state index contributed by atoms with van der Waals surface area (Å²) >= 11 is 0. The number of rotatable bonds is 10. The smallest absolute Gasteiger partial charge is 0.450 e. The number of carbonyl (C=O) groups excluding carboxylic acids is 1. The molecular formula is C24H24F3N2O5P. The number of nitrogens with two attached hydrogens (primary N) is 1. The largest absolute Gasteiger partial charge is 0.457 e. The van der Waals surface area contributed by atoms with Gasteiger partial charge in [-0.05, 0) is 48.4 Å². The van der Waals surface area contributed by atoms with E-state index in [2.05, 4.69) is 5.32 Å². The number of alkyl carbamates (subject to hydrolysis) is 1. The molecule has 0 aliphatic rings. The van der Waals surface area contributed by atoms with Gasteiger partial charge >= 0.3 is 19.9 Å². The van der Waals surface area contributed by atoms with Crippen molar-refractivity contribution >= 4 is 19.4 Å². The van der Waals surface area contributed by atoms with Crippen molar-refractivity contribution < 1.29 is 36.3 Å². The van der Waals surface area contributed by atoms with Gasteiger partial charge in [0.05, 0.1) is 6.61 Å². The molecule has 1 atom stereocenters. The van der Waals surface area contributed by atoms with Crippen LogP contribution in [0.5, 0.6) is 11.5 Å². The Labute approximate surface area is 200 Å². The zero-order valence-corrected chi connectivity index (χ0v) is 19.4. The molecule has 0 aromatic heterocycles. The number of carbonyl (C=O) groups is 1. The highest BCUT2D eigenvalue weighted by Crippen LogP contribution is 2.59. The third kappa shape index (κ3) is 8.26. The molecule has 0 saturated carbocycles. The fourth-order valence-corrected chi connectivity index (χ4v) is 4.87. The molecule has 1 unspecified atom stereocenters. The maximum atomic E-state index is 14.2. The molecule has 0 spiro atoms. The molecular weight excluding hydrogens is 484 g/mol. The fraction of sp³-hybridized carbons (Fsp3) is 0.208. The summed E-state index contributed by atoms with van der Waals surface area (Å²) < 4.78 is 67.9. The first-order valence-electron chi connectivity index (χ1n) is 10.6. The lowest BCUT2D eigenvalue weighted by Crippen LogP contribution is -2.32. The summed E-state index contributed by atoms with van der Waals surface area (Å²) in [5.41, 5.74) is 6.51. The van der Waals surface area contributed by atoms with E-state index in [0.29, 0.717) is 11.3 Å². The van der Waals surface area contributed by atoms with E-state index < -0.39 is 45.1 Å². The Morgan fingerprint density at radius 2 is 1.40 bits per heavy atom. The molecule has 35 heavy (non-hydrogen) atoms. The third-order valence-corrected chi connectivity index (χ3v) is 6.60. The first kappa shape index (κ1) is 26.0. The van der Waals surface area contributed by atoms with E-state index in [1.807, 2.05) is 0 Å². The van der Waals surface area contributed by atoms with Crippen LogP contribution in [0.4, 0.5) is 23.7 Å². The van der Waals surface area contributed by atoms with Crippen molar-refractivity contribution in [1.82, 2.24) is 5.32 Å². The zero-order chi connectivity index (χ0) is 25.3. The van der Waals surface area contributed by atoms with Crippen LogP contribution >= 0.6 is 7.60 Å². The number of benzene rings is 3. The number of nitrogen functional groups attached to an aromatic ring is 1. The van der Waals surface area contributed by atoms with Crippen LogP contribution in [0.2, 0.25) is 0 Å². The summed E-state index contributed by atoms with van der Waals surface area (Å²) in [6, 6.07) is 22.5. The Balaban J connectivity index is 1.90. The average Bonchev–Trinajstić information content (AvgIpc) is 2.81. The molecule has 0 heterocycles.